The highest BCUT2D eigenvalue weighted by Gasteiger charge is 2.42. The van der Waals surface area contributed by atoms with Crippen LogP contribution in [0.25, 0.3) is 10.6 Å². The Labute approximate surface area is 161 Å². The highest BCUT2D eigenvalue weighted by molar-refractivity contribution is 7.13. The number of carbonyl (C=O) groups excluding carboxylic acids is 1. The summed E-state index contributed by atoms with van der Waals surface area (Å²) in [6.07, 6.45) is 1.42. The SMILES string of the molecule is CCCOc1ccc(-c2nc(C(=O)NC3(C(=O)O)CCOCC3)cs2)cc1. The van der Waals surface area contributed by atoms with Gasteiger partial charge >= 0.3 is 5.97 Å². The molecule has 0 atom stereocenters. The Bertz CT molecular complexity index is 797. The van der Waals surface area contributed by atoms with E-state index in [0.29, 0.717) is 24.8 Å². The van der Waals surface area contributed by atoms with Crippen LogP contribution >= 0.6 is 11.3 Å². The van der Waals surface area contributed by atoms with Crippen LogP contribution in [0, 0.1) is 0 Å². The molecule has 3 rings (SSSR count). The lowest BCUT2D eigenvalue weighted by atomic mass is 9.90. The third kappa shape index (κ3) is 4.45. The van der Waals surface area contributed by atoms with Crippen LogP contribution in [0.15, 0.2) is 29.6 Å². The van der Waals surface area contributed by atoms with Crippen molar-refractivity contribution in [2.45, 2.75) is 31.7 Å². The molecule has 1 amide bonds. The van der Waals surface area contributed by atoms with E-state index in [0.717, 1.165) is 17.7 Å². The van der Waals surface area contributed by atoms with Gasteiger partial charge in [-0.15, -0.1) is 11.3 Å². The minimum Gasteiger partial charge on any atom is -0.494 e. The van der Waals surface area contributed by atoms with Gasteiger partial charge in [-0.25, -0.2) is 9.78 Å². The first-order valence-corrected chi connectivity index (χ1v) is 9.74. The predicted molar refractivity (Wildman–Crippen MR) is 101 cm³/mol. The summed E-state index contributed by atoms with van der Waals surface area (Å²) in [5, 5.41) is 14.5. The van der Waals surface area contributed by atoms with Gasteiger partial charge in [0.2, 0.25) is 0 Å². The van der Waals surface area contributed by atoms with Gasteiger partial charge in [-0.3, -0.25) is 4.79 Å². The molecule has 0 spiro atoms. The highest BCUT2D eigenvalue weighted by atomic mass is 32.1. The molecule has 2 aromatic rings. The van der Waals surface area contributed by atoms with Gasteiger partial charge in [0.15, 0.2) is 0 Å². The molecule has 144 valence electrons. The zero-order chi connectivity index (χ0) is 19.3. The van der Waals surface area contributed by atoms with Crippen molar-refractivity contribution in [1.82, 2.24) is 10.3 Å². The van der Waals surface area contributed by atoms with E-state index in [-0.39, 0.29) is 18.5 Å². The van der Waals surface area contributed by atoms with E-state index in [9.17, 15) is 14.7 Å². The molecule has 1 aromatic carbocycles. The first-order chi connectivity index (χ1) is 13.0. The maximum Gasteiger partial charge on any atom is 0.329 e. The number of amides is 1. The van der Waals surface area contributed by atoms with Crippen LogP contribution in [0.2, 0.25) is 0 Å². The fourth-order valence-electron chi connectivity index (χ4n) is 2.82. The number of aromatic nitrogens is 1. The largest absolute Gasteiger partial charge is 0.494 e. The number of hydrogen-bond acceptors (Lipinski definition) is 6. The van der Waals surface area contributed by atoms with E-state index in [1.807, 2.05) is 31.2 Å². The number of aliphatic carboxylic acids is 1. The number of nitrogens with zero attached hydrogens (tertiary/aromatic N) is 1. The lowest BCUT2D eigenvalue weighted by molar-refractivity contribution is -0.148. The number of carboxylic acids is 1. The van der Waals surface area contributed by atoms with Crippen molar-refractivity contribution >= 4 is 23.2 Å². The predicted octanol–water partition coefficient (Wildman–Crippen LogP) is 2.96. The number of rotatable bonds is 7. The normalized spacial score (nSPS) is 15.9. The first-order valence-electron chi connectivity index (χ1n) is 8.86. The maximum absolute atomic E-state index is 12.5. The number of thiazole rings is 1. The topological polar surface area (TPSA) is 97.8 Å². The molecule has 0 aliphatic carbocycles. The van der Waals surface area contributed by atoms with E-state index >= 15 is 0 Å². The summed E-state index contributed by atoms with van der Waals surface area (Å²) >= 11 is 1.34. The monoisotopic (exact) mass is 390 g/mol. The lowest BCUT2D eigenvalue weighted by Crippen LogP contribution is -2.57. The first kappa shape index (κ1) is 19.3. The Kier molecular flexibility index (Phi) is 6.08. The average molecular weight is 390 g/mol. The molecule has 1 fully saturated rings. The van der Waals surface area contributed by atoms with Crippen molar-refractivity contribution in [3.63, 3.8) is 0 Å². The molecule has 0 radical (unpaired) electrons. The van der Waals surface area contributed by atoms with E-state index in [1.54, 1.807) is 5.38 Å². The second kappa shape index (κ2) is 8.49. The molecule has 7 nitrogen and oxygen atoms in total. The van der Waals surface area contributed by atoms with Gasteiger partial charge in [-0.1, -0.05) is 6.92 Å². The summed E-state index contributed by atoms with van der Waals surface area (Å²) in [5.74, 6) is -0.736. The van der Waals surface area contributed by atoms with Crippen LogP contribution in [-0.2, 0) is 9.53 Å². The van der Waals surface area contributed by atoms with Crippen molar-refractivity contribution in [2.24, 2.45) is 0 Å². The van der Waals surface area contributed by atoms with Crippen molar-refractivity contribution in [2.75, 3.05) is 19.8 Å². The van der Waals surface area contributed by atoms with Gasteiger partial charge in [0.05, 0.1) is 6.61 Å². The maximum atomic E-state index is 12.5. The molecule has 1 aliphatic heterocycles. The second-order valence-corrected chi connectivity index (χ2v) is 7.22. The number of carbonyl (C=O) groups is 2. The Morgan fingerprint density at radius 3 is 2.63 bits per heavy atom. The van der Waals surface area contributed by atoms with Crippen LogP contribution in [0.4, 0.5) is 0 Å². The molecule has 2 N–H and O–H groups in total. The molecule has 0 unspecified atom stereocenters. The molecule has 0 saturated carbocycles. The quantitative estimate of drug-likeness (QED) is 0.754. The Hall–Kier alpha value is -2.45. The molecular weight excluding hydrogens is 368 g/mol. The fraction of sp³-hybridized carbons (Fsp3) is 0.421. The van der Waals surface area contributed by atoms with Gasteiger partial charge in [0.1, 0.15) is 22.0 Å². The van der Waals surface area contributed by atoms with E-state index in [2.05, 4.69) is 10.3 Å². The van der Waals surface area contributed by atoms with Gasteiger partial charge in [0, 0.05) is 37.0 Å². The Morgan fingerprint density at radius 1 is 1.30 bits per heavy atom. The number of nitrogens with one attached hydrogen (secondary N) is 1. The summed E-state index contributed by atoms with van der Waals surface area (Å²) in [6, 6.07) is 7.52. The van der Waals surface area contributed by atoms with Gasteiger partial charge in [0.25, 0.3) is 5.91 Å². The number of carboxylic acid groups (broad SMARTS) is 1. The summed E-state index contributed by atoms with van der Waals surface area (Å²) in [5.41, 5.74) is -0.201. The Morgan fingerprint density at radius 2 is 2.00 bits per heavy atom. The summed E-state index contributed by atoms with van der Waals surface area (Å²) in [7, 11) is 0. The molecule has 27 heavy (non-hydrogen) atoms. The smallest absolute Gasteiger partial charge is 0.329 e. The number of ether oxygens (including phenoxy) is 2. The second-order valence-electron chi connectivity index (χ2n) is 6.36. The molecule has 1 aromatic heterocycles. The van der Waals surface area contributed by atoms with Crippen molar-refractivity contribution in [3.05, 3.63) is 35.3 Å². The number of benzene rings is 1. The number of hydrogen-bond donors (Lipinski definition) is 2. The van der Waals surface area contributed by atoms with Crippen molar-refractivity contribution in [3.8, 4) is 16.3 Å². The summed E-state index contributed by atoms with van der Waals surface area (Å²) < 4.78 is 10.8. The lowest BCUT2D eigenvalue weighted by Gasteiger charge is -2.33. The zero-order valence-electron chi connectivity index (χ0n) is 15.1. The van der Waals surface area contributed by atoms with Crippen LogP contribution < -0.4 is 10.1 Å². The van der Waals surface area contributed by atoms with E-state index in [1.165, 1.54) is 11.3 Å². The van der Waals surface area contributed by atoms with Crippen molar-refractivity contribution in [1.29, 1.82) is 0 Å². The minimum atomic E-state index is -1.29. The van der Waals surface area contributed by atoms with Crippen LogP contribution in [0.5, 0.6) is 5.75 Å². The van der Waals surface area contributed by atoms with E-state index < -0.39 is 17.4 Å². The van der Waals surface area contributed by atoms with Crippen LogP contribution in [0.1, 0.15) is 36.7 Å². The molecule has 0 bridgehead atoms. The molecule has 1 aliphatic rings. The fourth-order valence-corrected chi connectivity index (χ4v) is 3.62. The Balaban J connectivity index is 1.71. The molecule has 2 heterocycles. The molecule has 8 heteroatoms. The summed E-state index contributed by atoms with van der Waals surface area (Å²) in [6.45, 7) is 3.32. The third-order valence-electron chi connectivity index (χ3n) is 4.42. The van der Waals surface area contributed by atoms with E-state index in [4.69, 9.17) is 9.47 Å². The summed E-state index contributed by atoms with van der Waals surface area (Å²) in [4.78, 5) is 28.6. The molecule has 1 saturated heterocycles. The highest BCUT2D eigenvalue weighted by Crippen LogP contribution is 2.27. The molecular formula is C19H22N2O5S. The minimum absolute atomic E-state index is 0.216. The van der Waals surface area contributed by atoms with Crippen LogP contribution in [0.3, 0.4) is 0 Å². The zero-order valence-corrected chi connectivity index (χ0v) is 15.9. The van der Waals surface area contributed by atoms with Gasteiger partial charge in [-0.2, -0.15) is 0 Å². The average Bonchev–Trinajstić information content (AvgIpc) is 3.18. The van der Waals surface area contributed by atoms with Crippen LogP contribution in [-0.4, -0.2) is 47.3 Å². The van der Waals surface area contributed by atoms with Gasteiger partial charge in [-0.05, 0) is 30.7 Å². The third-order valence-corrected chi connectivity index (χ3v) is 5.31. The van der Waals surface area contributed by atoms with Gasteiger partial charge < -0.3 is 19.9 Å². The van der Waals surface area contributed by atoms with Crippen molar-refractivity contribution < 1.29 is 24.2 Å². The standard InChI is InChI=1S/C19H22N2O5S/c1-2-9-26-14-5-3-13(4-6-14)17-20-15(12-27-17)16(22)21-19(18(23)24)7-10-25-11-8-19/h3-6,12H,2,7-11H2,1H3,(H,21,22)(H,23,24).